The van der Waals surface area contributed by atoms with Crippen molar-refractivity contribution in [3.63, 3.8) is 0 Å². The Morgan fingerprint density at radius 3 is 2.55 bits per heavy atom. The molecule has 1 amide bonds. The van der Waals surface area contributed by atoms with Gasteiger partial charge in [-0.25, -0.2) is 9.59 Å². The minimum Gasteiger partial charge on any atom is -0.442 e. The van der Waals surface area contributed by atoms with Crippen molar-refractivity contribution in [1.82, 2.24) is 5.06 Å². The molecule has 0 aliphatic carbocycles. The lowest BCUT2D eigenvalue weighted by atomic mass is 10.1. The fourth-order valence-corrected chi connectivity index (χ4v) is 2.14. The second kappa shape index (κ2) is 4.89. The topological polar surface area (TPSA) is 74.3 Å². The number of ether oxygens (including phenoxy) is 3. The molecule has 0 spiro atoms. The van der Waals surface area contributed by atoms with Crippen molar-refractivity contribution in [2.24, 2.45) is 0 Å². The number of rotatable bonds is 1. The van der Waals surface area contributed by atoms with E-state index in [1.807, 2.05) is 0 Å². The van der Waals surface area contributed by atoms with E-state index in [1.165, 1.54) is 0 Å². The highest BCUT2D eigenvalue weighted by Crippen LogP contribution is 2.31. The van der Waals surface area contributed by atoms with E-state index in [0.29, 0.717) is 6.61 Å². The van der Waals surface area contributed by atoms with Gasteiger partial charge in [-0.2, -0.15) is 0 Å². The molecule has 0 radical (unpaired) electrons. The highest BCUT2D eigenvalue weighted by atomic mass is 16.8. The summed E-state index contributed by atoms with van der Waals surface area (Å²) in [5, 5.41) is 0.961. The van der Waals surface area contributed by atoms with E-state index in [2.05, 4.69) is 0 Å². The molecule has 2 rings (SSSR count). The molecule has 0 unspecified atom stereocenters. The first kappa shape index (κ1) is 15.1. The Kier molecular flexibility index (Phi) is 3.68. The van der Waals surface area contributed by atoms with Crippen LogP contribution in [0.1, 0.15) is 41.0 Å². The molecule has 114 valence electrons. The van der Waals surface area contributed by atoms with Gasteiger partial charge in [-0.05, 0) is 34.6 Å². The lowest BCUT2D eigenvalue weighted by molar-refractivity contribution is -0.181. The third kappa shape index (κ3) is 3.40. The quantitative estimate of drug-likeness (QED) is 0.729. The van der Waals surface area contributed by atoms with Crippen LogP contribution in [0.25, 0.3) is 0 Å². The minimum atomic E-state index is -0.726. The summed E-state index contributed by atoms with van der Waals surface area (Å²) in [6.07, 6.45) is -1.03. The summed E-state index contributed by atoms with van der Waals surface area (Å²) in [5.41, 5.74) is -0.664. The Balaban J connectivity index is 2.07. The molecule has 0 N–H and O–H groups in total. The molecule has 2 saturated heterocycles. The Hall–Kier alpha value is -1.34. The number of carbonyl (C=O) groups is 2. The Bertz CT molecular complexity index is 414. The zero-order chi connectivity index (χ0) is 15.1. The molecule has 2 aliphatic rings. The first-order valence-electron chi connectivity index (χ1n) is 6.62. The van der Waals surface area contributed by atoms with Gasteiger partial charge in [0.15, 0.2) is 5.79 Å². The zero-order valence-electron chi connectivity index (χ0n) is 12.5. The Morgan fingerprint density at radius 2 is 2.05 bits per heavy atom. The van der Waals surface area contributed by atoms with E-state index >= 15 is 0 Å². The molecule has 2 aliphatic heterocycles. The van der Waals surface area contributed by atoms with Crippen molar-refractivity contribution >= 4 is 12.1 Å². The van der Waals surface area contributed by atoms with Crippen molar-refractivity contribution in [3.8, 4) is 0 Å². The highest BCUT2D eigenvalue weighted by Gasteiger charge is 2.48. The highest BCUT2D eigenvalue weighted by molar-refractivity contribution is 5.78. The monoisotopic (exact) mass is 287 g/mol. The molecular formula is C13H21NO6. The molecule has 0 aromatic rings. The van der Waals surface area contributed by atoms with E-state index < -0.39 is 35.6 Å². The Labute approximate surface area is 118 Å². The molecule has 2 atom stereocenters. The van der Waals surface area contributed by atoms with Gasteiger partial charge < -0.3 is 19.0 Å². The van der Waals surface area contributed by atoms with Crippen LogP contribution < -0.4 is 0 Å². The predicted molar refractivity (Wildman–Crippen MR) is 67.5 cm³/mol. The molecule has 7 nitrogen and oxygen atoms in total. The normalized spacial score (nSPS) is 29.4. The lowest BCUT2D eigenvalue weighted by Crippen LogP contribution is -2.45. The van der Waals surface area contributed by atoms with Crippen LogP contribution in [-0.2, 0) is 23.8 Å². The summed E-state index contributed by atoms with van der Waals surface area (Å²) in [4.78, 5) is 28.5. The van der Waals surface area contributed by atoms with Crippen LogP contribution in [0.15, 0.2) is 0 Å². The van der Waals surface area contributed by atoms with E-state index in [0.717, 1.165) is 5.06 Å². The average Bonchev–Trinajstić information content (AvgIpc) is 2.79. The average molecular weight is 287 g/mol. The number of hydrogen-bond donors (Lipinski definition) is 0. The van der Waals surface area contributed by atoms with Crippen LogP contribution in [0, 0.1) is 0 Å². The van der Waals surface area contributed by atoms with Gasteiger partial charge in [0.05, 0.1) is 13.0 Å². The maximum atomic E-state index is 12.1. The number of amides is 1. The van der Waals surface area contributed by atoms with Gasteiger partial charge in [0.25, 0.3) is 0 Å². The van der Waals surface area contributed by atoms with Crippen LogP contribution in [0.4, 0.5) is 4.79 Å². The van der Waals surface area contributed by atoms with Crippen LogP contribution in [0.3, 0.4) is 0 Å². The van der Waals surface area contributed by atoms with Gasteiger partial charge >= 0.3 is 12.1 Å². The molecule has 0 aromatic carbocycles. The maximum absolute atomic E-state index is 12.1. The molecule has 0 aromatic heterocycles. The van der Waals surface area contributed by atoms with Crippen molar-refractivity contribution < 1.29 is 28.6 Å². The van der Waals surface area contributed by atoms with Gasteiger partial charge in [0.1, 0.15) is 17.7 Å². The third-order valence-electron chi connectivity index (χ3n) is 2.91. The lowest BCUT2D eigenvalue weighted by Gasteiger charge is -2.28. The molecule has 2 fully saturated rings. The van der Waals surface area contributed by atoms with Crippen LogP contribution in [0.2, 0.25) is 0 Å². The zero-order valence-corrected chi connectivity index (χ0v) is 12.5. The van der Waals surface area contributed by atoms with E-state index in [1.54, 1.807) is 34.6 Å². The molecule has 0 saturated carbocycles. The predicted octanol–water partition coefficient (Wildman–Crippen LogP) is 1.61. The minimum absolute atomic E-state index is 0.0728. The smallest absolute Gasteiger partial charge is 0.442 e. The number of carbonyl (C=O) groups excluding carboxylic acids is 2. The van der Waals surface area contributed by atoms with Crippen molar-refractivity contribution in [2.45, 2.75) is 64.6 Å². The van der Waals surface area contributed by atoms with Gasteiger partial charge in [-0.15, -0.1) is 5.06 Å². The van der Waals surface area contributed by atoms with Gasteiger partial charge in [-0.3, -0.25) is 0 Å². The molecular weight excluding hydrogens is 266 g/mol. The van der Waals surface area contributed by atoms with Crippen molar-refractivity contribution in [2.75, 3.05) is 6.61 Å². The molecule has 7 heteroatoms. The molecule has 2 heterocycles. The summed E-state index contributed by atoms with van der Waals surface area (Å²) < 4.78 is 16.4. The van der Waals surface area contributed by atoms with E-state index in [9.17, 15) is 9.59 Å². The number of hydrogen-bond acceptors (Lipinski definition) is 6. The maximum Gasteiger partial charge on any atom is 0.444 e. The fraction of sp³-hybridized carbons (Fsp3) is 0.846. The largest absolute Gasteiger partial charge is 0.444 e. The van der Waals surface area contributed by atoms with Gasteiger partial charge in [0.2, 0.25) is 0 Å². The Morgan fingerprint density at radius 1 is 1.40 bits per heavy atom. The van der Waals surface area contributed by atoms with Gasteiger partial charge in [0, 0.05) is 0 Å². The van der Waals surface area contributed by atoms with Crippen LogP contribution >= 0.6 is 0 Å². The summed E-state index contributed by atoms with van der Waals surface area (Å²) in [5.74, 6) is -1.20. The van der Waals surface area contributed by atoms with E-state index in [-0.39, 0.29) is 6.42 Å². The van der Waals surface area contributed by atoms with Crippen molar-refractivity contribution in [1.29, 1.82) is 0 Å². The summed E-state index contributed by atoms with van der Waals surface area (Å²) >= 11 is 0. The number of nitrogens with zero attached hydrogens (tertiary/aromatic N) is 1. The summed E-state index contributed by atoms with van der Waals surface area (Å²) in [6, 6.07) is -0.529. The SMILES string of the molecule is CC(C)(C)OC(=O)N1OC(=O)C[C@@H]1[C@H]1COC(C)(C)O1. The third-order valence-corrected chi connectivity index (χ3v) is 2.91. The van der Waals surface area contributed by atoms with Crippen LogP contribution in [-0.4, -0.2) is 47.3 Å². The summed E-state index contributed by atoms with van der Waals surface area (Å²) in [6.45, 7) is 9.10. The van der Waals surface area contributed by atoms with Gasteiger partial charge in [-0.1, -0.05) is 0 Å². The second-order valence-electron chi connectivity index (χ2n) is 6.41. The van der Waals surface area contributed by atoms with Crippen molar-refractivity contribution in [3.05, 3.63) is 0 Å². The molecule has 0 bridgehead atoms. The first-order chi connectivity index (χ1) is 9.07. The molecule has 20 heavy (non-hydrogen) atoms. The second-order valence-corrected chi connectivity index (χ2v) is 6.41. The van der Waals surface area contributed by atoms with E-state index in [4.69, 9.17) is 19.0 Å². The fourth-order valence-electron chi connectivity index (χ4n) is 2.14. The standard InChI is InChI=1S/C13H21NO6/c1-12(2,3)19-11(16)14-8(6-10(15)20-14)9-7-17-13(4,5)18-9/h8-9H,6-7H2,1-5H3/t8-,9-/m1/s1. The summed E-state index contributed by atoms with van der Waals surface area (Å²) in [7, 11) is 0. The number of hydroxylamine groups is 2. The first-order valence-corrected chi connectivity index (χ1v) is 6.62. The van der Waals surface area contributed by atoms with Crippen LogP contribution in [0.5, 0.6) is 0 Å².